The van der Waals surface area contributed by atoms with Crippen LogP contribution in [0.4, 0.5) is 4.39 Å². The molecule has 148 valence electrons. The van der Waals surface area contributed by atoms with Crippen molar-refractivity contribution in [1.82, 2.24) is 19.8 Å². The molecule has 0 aliphatic carbocycles. The Morgan fingerprint density at radius 3 is 2.64 bits per heavy atom. The monoisotopic (exact) mass is 422 g/mol. The van der Waals surface area contributed by atoms with Crippen molar-refractivity contribution in [2.24, 2.45) is 0 Å². The maximum atomic E-state index is 13.0. The summed E-state index contributed by atoms with van der Waals surface area (Å²) in [7, 11) is -3.65. The molecule has 4 rings (SSSR count). The maximum absolute atomic E-state index is 13.0. The number of benzene rings is 1. The van der Waals surface area contributed by atoms with E-state index in [1.807, 2.05) is 16.8 Å². The summed E-state index contributed by atoms with van der Waals surface area (Å²) in [5.74, 6) is 0.667. The molecule has 10 heteroatoms. The minimum Gasteiger partial charge on any atom is -0.338 e. The van der Waals surface area contributed by atoms with Crippen LogP contribution in [-0.4, -0.2) is 42.6 Å². The highest BCUT2D eigenvalue weighted by molar-refractivity contribution is 7.89. The second kappa shape index (κ2) is 8.08. The highest BCUT2D eigenvalue weighted by Crippen LogP contribution is 2.20. The zero-order valence-corrected chi connectivity index (χ0v) is 16.5. The third kappa shape index (κ3) is 4.46. The number of aromatic nitrogens is 2. The van der Waals surface area contributed by atoms with Crippen LogP contribution in [0, 0.1) is 5.82 Å². The van der Waals surface area contributed by atoms with Crippen LogP contribution >= 0.6 is 11.3 Å². The Balaban J connectivity index is 1.30. The van der Waals surface area contributed by atoms with E-state index >= 15 is 0 Å². The minimum atomic E-state index is -3.65. The van der Waals surface area contributed by atoms with E-state index in [9.17, 15) is 12.8 Å². The Kier molecular flexibility index (Phi) is 5.54. The summed E-state index contributed by atoms with van der Waals surface area (Å²) in [5.41, 5.74) is 0.939. The van der Waals surface area contributed by atoms with Crippen LogP contribution in [-0.2, 0) is 16.6 Å². The Hall–Kier alpha value is -2.14. The van der Waals surface area contributed by atoms with Gasteiger partial charge in [0.25, 0.3) is 0 Å². The van der Waals surface area contributed by atoms with Crippen LogP contribution in [0.5, 0.6) is 0 Å². The molecule has 0 unspecified atom stereocenters. The summed E-state index contributed by atoms with van der Waals surface area (Å²) in [5, 5.41) is 7.93. The van der Waals surface area contributed by atoms with Crippen molar-refractivity contribution < 1.29 is 17.3 Å². The molecule has 1 aliphatic rings. The van der Waals surface area contributed by atoms with Gasteiger partial charge in [-0.15, -0.1) is 0 Å². The summed E-state index contributed by atoms with van der Waals surface area (Å²) in [4.78, 5) is 6.65. The topological polar surface area (TPSA) is 88.3 Å². The number of hydrogen-bond acceptors (Lipinski definition) is 7. The van der Waals surface area contributed by atoms with Crippen LogP contribution in [0.2, 0.25) is 0 Å². The largest absolute Gasteiger partial charge is 0.338 e. The molecule has 1 aromatic carbocycles. The zero-order chi connectivity index (χ0) is 19.6. The summed E-state index contributed by atoms with van der Waals surface area (Å²) in [6.45, 7) is 1.97. The van der Waals surface area contributed by atoms with Gasteiger partial charge < -0.3 is 4.52 Å². The summed E-state index contributed by atoms with van der Waals surface area (Å²) in [6.07, 6.45) is 1.35. The standard InChI is InChI=1S/C18H19FN4O3S2/c19-14-1-3-16(4-2-14)28(24,25)22-15-5-8-23(9-6-15)11-17-20-18(21-26-17)13-7-10-27-12-13/h1-4,7,10,12,15,22H,5-6,8-9,11H2. The molecule has 1 aliphatic heterocycles. The molecule has 0 saturated carbocycles. The molecule has 0 bridgehead atoms. The number of piperidine rings is 1. The lowest BCUT2D eigenvalue weighted by Gasteiger charge is -2.31. The third-order valence-electron chi connectivity index (χ3n) is 4.64. The molecule has 0 amide bonds. The van der Waals surface area contributed by atoms with Crippen LogP contribution in [0.25, 0.3) is 11.4 Å². The molecule has 0 radical (unpaired) electrons. The van der Waals surface area contributed by atoms with Gasteiger partial charge in [0.1, 0.15) is 5.82 Å². The molecule has 0 spiro atoms. The second-order valence-electron chi connectivity index (χ2n) is 6.65. The van der Waals surface area contributed by atoms with Gasteiger partial charge in [-0.3, -0.25) is 4.90 Å². The number of hydrogen-bond donors (Lipinski definition) is 1. The lowest BCUT2D eigenvalue weighted by Crippen LogP contribution is -2.44. The predicted molar refractivity (Wildman–Crippen MR) is 103 cm³/mol. The SMILES string of the molecule is O=S(=O)(NC1CCN(Cc2nc(-c3ccsc3)no2)CC1)c1ccc(F)cc1. The number of likely N-dealkylation sites (tertiary alicyclic amines) is 1. The molecule has 1 fully saturated rings. The van der Waals surface area contributed by atoms with Gasteiger partial charge in [-0.2, -0.15) is 16.3 Å². The number of sulfonamides is 1. The third-order valence-corrected chi connectivity index (χ3v) is 6.86. The van der Waals surface area contributed by atoms with Gasteiger partial charge in [0.05, 0.1) is 11.4 Å². The molecule has 3 aromatic rings. The van der Waals surface area contributed by atoms with Gasteiger partial charge in [0.2, 0.25) is 21.7 Å². The van der Waals surface area contributed by atoms with Crippen LogP contribution < -0.4 is 4.72 Å². The molecule has 7 nitrogen and oxygen atoms in total. The number of thiophene rings is 1. The molecule has 0 atom stereocenters. The first-order valence-corrected chi connectivity index (χ1v) is 11.3. The molecular formula is C18H19FN4O3S2. The number of nitrogens with zero attached hydrogens (tertiary/aromatic N) is 3. The van der Waals surface area contributed by atoms with Crippen molar-refractivity contribution in [1.29, 1.82) is 0 Å². The van der Waals surface area contributed by atoms with E-state index in [-0.39, 0.29) is 10.9 Å². The first-order valence-electron chi connectivity index (χ1n) is 8.85. The fraction of sp³-hybridized carbons (Fsp3) is 0.333. The van der Waals surface area contributed by atoms with Crippen molar-refractivity contribution in [3.8, 4) is 11.4 Å². The Morgan fingerprint density at radius 1 is 1.21 bits per heavy atom. The van der Waals surface area contributed by atoms with Gasteiger partial charge in [-0.1, -0.05) is 5.16 Å². The lowest BCUT2D eigenvalue weighted by atomic mass is 10.1. The van der Waals surface area contributed by atoms with E-state index in [0.29, 0.717) is 44.2 Å². The van der Waals surface area contributed by atoms with Crippen molar-refractivity contribution in [3.63, 3.8) is 0 Å². The van der Waals surface area contributed by atoms with Crippen LogP contribution in [0.3, 0.4) is 0 Å². The van der Waals surface area contributed by atoms with E-state index in [0.717, 1.165) is 17.7 Å². The van der Waals surface area contributed by atoms with Crippen molar-refractivity contribution >= 4 is 21.4 Å². The molecule has 28 heavy (non-hydrogen) atoms. The van der Waals surface area contributed by atoms with E-state index in [1.165, 1.54) is 12.1 Å². The van der Waals surface area contributed by atoms with Crippen LogP contribution in [0.15, 0.2) is 50.5 Å². The average molecular weight is 423 g/mol. The van der Waals surface area contributed by atoms with Gasteiger partial charge in [0, 0.05) is 30.1 Å². The Labute approximate surface area is 166 Å². The summed E-state index contributed by atoms with van der Waals surface area (Å²) < 4.78 is 45.9. The normalized spacial score (nSPS) is 16.5. The molecule has 1 saturated heterocycles. The van der Waals surface area contributed by atoms with E-state index in [2.05, 4.69) is 19.8 Å². The van der Waals surface area contributed by atoms with E-state index in [1.54, 1.807) is 11.3 Å². The Bertz CT molecular complexity index is 1010. The highest BCUT2D eigenvalue weighted by Gasteiger charge is 2.25. The number of nitrogens with one attached hydrogen (secondary N) is 1. The summed E-state index contributed by atoms with van der Waals surface area (Å²) in [6, 6.07) is 6.62. The maximum Gasteiger partial charge on any atom is 0.241 e. The molecule has 1 N–H and O–H groups in total. The minimum absolute atomic E-state index is 0.0724. The first-order chi connectivity index (χ1) is 13.5. The summed E-state index contributed by atoms with van der Waals surface area (Å²) >= 11 is 1.58. The van der Waals surface area contributed by atoms with Crippen molar-refractivity contribution in [3.05, 3.63) is 52.8 Å². The first kappa shape index (κ1) is 19.2. The van der Waals surface area contributed by atoms with Gasteiger partial charge >= 0.3 is 0 Å². The van der Waals surface area contributed by atoms with Crippen LogP contribution in [0.1, 0.15) is 18.7 Å². The van der Waals surface area contributed by atoms with Gasteiger partial charge in [-0.05, 0) is 48.6 Å². The zero-order valence-electron chi connectivity index (χ0n) is 14.9. The molecule has 3 heterocycles. The van der Waals surface area contributed by atoms with Crippen molar-refractivity contribution in [2.75, 3.05) is 13.1 Å². The smallest absolute Gasteiger partial charge is 0.241 e. The van der Waals surface area contributed by atoms with Gasteiger partial charge in [0.15, 0.2) is 0 Å². The number of halogens is 1. The van der Waals surface area contributed by atoms with E-state index in [4.69, 9.17) is 4.52 Å². The predicted octanol–water partition coefficient (Wildman–Crippen LogP) is 2.88. The number of rotatable bonds is 6. The fourth-order valence-corrected chi connectivity index (χ4v) is 5.07. The molecule has 2 aromatic heterocycles. The quantitative estimate of drug-likeness (QED) is 0.657. The second-order valence-corrected chi connectivity index (χ2v) is 9.14. The fourth-order valence-electron chi connectivity index (χ4n) is 3.13. The van der Waals surface area contributed by atoms with Gasteiger partial charge in [-0.25, -0.2) is 17.5 Å². The highest BCUT2D eigenvalue weighted by atomic mass is 32.2. The Morgan fingerprint density at radius 2 is 1.96 bits per heavy atom. The lowest BCUT2D eigenvalue weighted by molar-refractivity contribution is 0.177. The molecular weight excluding hydrogens is 403 g/mol. The van der Waals surface area contributed by atoms with E-state index < -0.39 is 15.8 Å². The average Bonchev–Trinajstić information content (AvgIpc) is 3.35. The van der Waals surface area contributed by atoms with Crippen molar-refractivity contribution in [2.45, 2.75) is 30.3 Å².